The first-order valence-electron chi connectivity index (χ1n) is 4.97. The number of nitrogens with one attached hydrogen (secondary N) is 1. The van der Waals surface area contributed by atoms with Crippen molar-refractivity contribution in [2.45, 2.75) is 26.6 Å². The fraction of sp³-hybridized carbons (Fsp3) is 0.667. The Kier molecular flexibility index (Phi) is 4.06. The predicted molar refractivity (Wildman–Crippen MR) is 57.0 cm³/mol. The van der Waals surface area contributed by atoms with Crippen molar-refractivity contribution in [3.05, 3.63) is 18.0 Å². The summed E-state index contributed by atoms with van der Waals surface area (Å²) in [5.74, 6) is -0.819. The first kappa shape index (κ1) is 15.0. The number of hydrogen-bond donors (Lipinski definition) is 1. The van der Waals surface area contributed by atoms with Gasteiger partial charge in [0.15, 0.2) is 5.76 Å². The van der Waals surface area contributed by atoms with E-state index < -0.39 is 27.4 Å². The molecule has 1 aromatic rings. The minimum atomic E-state index is -4.59. The van der Waals surface area contributed by atoms with Crippen molar-refractivity contribution in [3.63, 3.8) is 0 Å². The van der Waals surface area contributed by atoms with E-state index in [1.807, 2.05) is 4.72 Å². The van der Waals surface area contributed by atoms with Gasteiger partial charge in [0.05, 0.1) is 23.9 Å². The van der Waals surface area contributed by atoms with Crippen LogP contribution in [-0.2, 0) is 16.6 Å². The predicted octanol–water partition coefficient (Wildman–Crippen LogP) is 1.68. The fourth-order valence-corrected chi connectivity index (χ4v) is 2.70. The third-order valence-corrected chi connectivity index (χ3v) is 3.96. The molecule has 1 N–H and O–H groups in total. The Bertz CT molecular complexity index is 480. The minimum absolute atomic E-state index is 0.225. The molecule has 0 saturated carbocycles. The smallest absolute Gasteiger partial charge is 0.360 e. The van der Waals surface area contributed by atoms with E-state index in [9.17, 15) is 21.6 Å². The Hall–Kier alpha value is -1.09. The zero-order valence-electron chi connectivity index (χ0n) is 9.78. The molecule has 1 heterocycles. The van der Waals surface area contributed by atoms with Crippen LogP contribution in [0, 0.1) is 5.41 Å². The average molecular weight is 286 g/mol. The van der Waals surface area contributed by atoms with Crippen LogP contribution >= 0.6 is 0 Å². The summed E-state index contributed by atoms with van der Waals surface area (Å²) in [6.45, 7) is 1.44. The van der Waals surface area contributed by atoms with Crippen LogP contribution in [0.1, 0.15) is 19.6 Å². The Morgan fingerprint density at radius 2 is 2.00 bits per heavy atom. The van der Waals surface area contributed by atoms with Crippen molar-refractivity contribution in [2.24, 2.45) is 5.41 Å². The van der Waals surface area contributed by atoms with Crippen molar-refractivity contribution in [1.29, 1.82) is 0 Å². The molecule has 0 fully saturated rings. The molecule has 0 amide bonds. The number of sulfonamides is 1. The lowest BCUT2D eigenvalue weighted by atomic mass is 9.96. The number of halogens is 3. The highest BCUT2D eigenvalue weighted by molar-refractivity contribution is 7.89. The van der Waals surface area contributed by atoms with Crippen LogP contribution < -0.4 is 4.72 Å². The molecule has 18 heavy (non-hydrogen) atoms. The number of alkyl halides is 3. The second-order valence-corrected chi connectivity index (χ2v) is 6.25. The summed E-state index contributed by atoms with van der Waals surface area (Å²) < 4.78 is 67.4. The van der Waals surface area contributed by atoms with Crippen LogP contribution in [-0.4, -0.2) is 25.5 Å². The van der Waals surface area contributed by atoms with Gasteiger partial charge in [-0.25, -0.2) is 13.1 Å². The minimum Gasteiger partial charge on any atom is -0.360 e. The van der Waals surface area contributed by atoms with Gasteiger partial charge in [-0.3, -0.25) is 0 Å². The first-order chi connectivity index (χ1) is 8.04. The number of hydrogen-bond acceptors (Lipinski definition) is 4. The van der Waals surface area contributed by atoms with Gasteiger partial charge >= 0.3 is 6.18 Å². The standard InChI is InChI=1S/C9H13F3N2O3S/c1-8(2,9(10,11)12)6-18(15,16)14-5-7-3-4-13-17-7/h3-4,14H,5-6H2,1-2H3. The van der Waals surface area contributed by atoms with Gasteiger partial charge in [0.1, 0.15) is 0 Å². The first-order valence-corrected chi connectivity index (χ1v) is 6.62. The van der Waals surface area contributed by atoms with E-state index in [0.29, 0.717) is 0 Å². The molecular formula is C9H13F3N2O3S. The van der Waals surface area contributed by atoms with Crippen LogP contribution in [0.3, 0.4) is 0 Å². The monoisotopic (exact) mass is 286 g/mol. The lowest BCUT2D eigenvalue weighted by Gasteiger charge is -2.27. The van der Waals surface area contributed by atoms with Crippen LogP contribution in [0.25, 0.3) is 0 Å². The molecule has 0 saturated heterocycles. The zero-order valence-corrected chi connectivity index (χ0v) is 10.6. The molecule has 1 aromatic heterocycles. The second kappa shape index (κ2) is 4.88. The highest BCUT2D eigenvalue weighted by Gasteiger charge is 2.49. The van der Waals surface area contributed by atoms with Gasteiger partial charge in [-0.15, -0.1) is 0 Å². The topological polar surface area (TPSA) is 72.2 Å². The van der Waals surface area contributed by atoms with Crippen LogP contribution in [0.2, 0.25) is 0 Å². The number of rotatable bonds is 5. The maximum absolute atomic E-state index is 12.6. The Morgan fingerprint density at radius 1 is 1.39 bits per heavy atom. The quantitative estimate of drug-likeness (QED) is 0.894. The second-order valence-electron chi connectivity index (χ2n) is 4.44. The SMILES string of the molecule is CC(C)(CS(=O)(=O)NCc1ccno1)C(F)(F)F. The molecule has 104 valence electrons. The van der Waals surface area contributed by atoms with Gasteiger partial charge in [-0.1, -0.05) is 19.0 Å². The molecule has 1 rings (SSSR count). The molecule has 0 aromatic carbocycles. The molecule has 9 heteroatoms. The summed E-state index contributed by atoms with van der Waals surface area (Å²) in [7, 11) is -4.06. The lowest BCUT2D eigenvalue weighted by Crippen LogP contribution is -2.42. The van der Waals surface area contributed by atoms with E-state index in [0.717, 1.165) is 13.8 Å². The van der Waals surface area contributed by atoms with Gasteiger partial charge in [0, 0.05) is 6.07 Å². The third kappa shape index (κ3) is 3.98. The molecule has 0 atom stereocenters. The molecule has 0 bridgehead atoms. The largest absolute Gasteiger partial charge is 0.395 e. The van der Waals surface area contributed by atoms with E-state index in [2.05, 4.69) is 9.68 Å². The molecule has 0 radical (unpaired) electrons. The lowest BCUT2D eigenvalue weighted by molar-refractivity contribution is -0.203. The highest BCUT2D eigenvalue weighted by atomic mass is 32.2. The van der Waals surface area contributed by atoms with Crippen LogP contribution in [0.4, 0.5) is 13.2 Å². The van der Waals surface area contributed by atoms with E-state index in [1.165, 1.54) is 12.3 Å². The van der Waals surface area contributed by atoms with Gasteiger partial charge < -0.3 is 4.52 Å². The van der Waals surface area contributed by atoms with Crippen molar-refractivity contribution < 1.29 is 26.1 Å². The van der Waals surface area contributed by atoms with Crippen molar-refractivity contribution in [2.75, 3.05) is 5.75 Å². The third-order valence-electron chi connectivity index (χ3n) is 2.28. The zero-order chi connectivity index (χ0) is 14.0. The fourth-order valence-electron chi connectivity index (χ4n) is 1.12. The number of nitrogens with zero attached hydrogens (tertiary/aromatic N) is 1. The maximum Gasteiger partial charge on any atom is 0.395 e. The normalized spacial score (nSPS) is 13.8. The van der Waals surface area contributed by atoms with E-state index in [4.69, 9.17) is 0 Å². The summed E-state index contributed by atoms with van der Waals surface area (Å²) >= 11 is 0. The molecule has 5 nitrogen and oxygen atoms in total. The summed E-state index contributed by atoms with van der Waals surface area (Å²) in [4.78, 5) is 0. The number of aromatic nitrogens is 1. The van der Waals surface area contributed by atoms with Crippen molar-refractivity contribution in [3.8, 4) is 0 Å². The summed E-state index contributed by atoms with van der Waals surface area (Å²) in [6, 6.07) is 1.41. The van der Waals surface area contributed by atoms with Gasteiger partial charge in [0.2, 0.25) is 10.0 Å². The maximum atomic E-state index is 12.6. The van der Waals surface area contributed by atoms with Crippen LogP contribution in [0.15, 0.2) is 16.8 Å². The van der Waals surface area contributed by atoms with Gasteiger partial charge in [-0.05, 0) is 0 Å². The summed E-state index contributed by atoms with van der Waals surface area (Å²) in [5, 5.41) is 3.35. The Balaban J connectivity index is 2.65. The van der Waals surface area contributed by atoms with Crippen molar-refractivity contribution in [1.82, 2.24) is 9.88 Å². The van der Waals surface area contributed by atoms with Crippen molar-refractivity contribution >= 4 is 10.0 Å². The van der Waals surface area contributed by atoms with Gasteiger partial charge in [0.25, 0.3) is 0 Å². The molecule has 0 aliphatic heterocycles. The molecule has 0 aliphatic carbocycles. The molecule has 0 aliphatic rings. The Labute approximate surface area is 102 Å². The average Bonchev–Trinajstić information content (AvgIpc) is 2.63. The highest BCUT2D eigenvalue weighted by Crippen LogP contribution is 2.38. The van der Waals surface area contributed by atoms with E-state index in [-0.39, 0.29) is 12.3 Å². The van der Waals surface area contributed by atoms with E-state index >= 15 is 0 Å². The Morgan fingerprint density at radius 3 is 2.44 bits per heavy atom. The van der Waals surface area contributed by atoms with Crippen LogP contribution in [0.5, 0.6) is 0 Å². The van der Waals surface area contributed by atoms with E-state index in [1.54, 1.807) is 0 Å². The summed E-state index contributed by atoms with van der Waals surface area (Å²) in [6.07, 6.45) is -3.28. The van der Waals surface area contributed by atoms with Gasteiger partial charge in [-0.2, -0.15) is 13.2 Å². The molecule has 0 spiro atoms. The summed E-state index contributed by atoms with van der Waals surface area (Å²) in [5.41, 5.74) is -2.32. The molecule has 0 unspecified atom stereocenters. The molecular weight excluding hydrogens is 273 g/mol.